The molecule has 0 fully saturated rings. The highest BCUT2D eigenvalue weighted by Gasteiger charge is 2.22. The zero-order valence-electron chi connectivity index (χ0n) is 12.6. The molecule has 110 valence electrons. The van der Waals surface area contributed by atoms with E-state index in [1.165, 1.54) is 15.9 Å². The Morgan fingerprint density at radius 2 is 1.90 bits per heavy atom. The second-order valence-corrected chi connectivity index (χ2v) is 7.10. The molecule has 2 aromatic rings. The third-order valence-electron chi connectivity index (χ3n) is 3.20. The molecule has 0 atom stereocenters. The van der Waals surface area contributed by atoms with E-state index in [4.69, 9.17) is 0 Å². The minimum atomic E-state index is -0.522. The number of rotatable bonds is 3. The van der Waals surface area contributed by atoms with E-state index in [1.54, 1.807) is 4.57 Å². The quantitative estimate of drug-likeness (QED) is 0.863. The van der Waals surface area contributed by atoms with Gasteiger partial charge in [-0.25, -0.2) is 4.79 Å². The molecule has 2 heterocycles. The lowest BCUT2D eigenvalue weighted by Gasteiger charge is -2.23. The van der Waals surface area contributed by atoms with Crippen molar-refractivity contribution in [2.75, 3.05) is 20.6 Å². The van der Waals surface area contributed by atoms with Gasteiger partial charge in [0.1, 0.15) is 4.70 Å². The maximum atomic E-state index is 12.7. The highest BCUT2D eigenvalue weighted by Crippen LogP contribution is 2.17. The molecule has 0 aliphatic heterocycles. The molecule has 0 N–H and O–H groups in total. The van der Waals surface area contributed by atoms with Crippen LogP contribution in [0.5, 0.6) is 0 Å². The van der Waals surface area contributed by atoms with Crippen LogP contribution in [0.15, 0.2) is 21.0 Å². The molecule has 6 heteroatoms. The lowest BCUT2D eigenvalue weighted by Crippen LogP contribution is -2.48. The van der Waals surface area contributed by atoms with Crippen LogP contribution in [-0.2, 0) is 12.1 Å². The molecule has 20 heavy (non-hydrogen) atoms. The summed E-state index contributed by atoms with van der Waals surface area (Å²) >= 11 is 1.39. The highest BCUT2D eigenvalue weighted by molar-refractivity contribution is 7.17. The van der Waals surface area contributed by atoms with Crippen LogP contribution in [-0.4, -0.2) is 34.7 Å². The molecular formula is C14H21N3O2S. The van der Waals surface area contributed by atoms with Gasteiger partial charge in [-0.1, -0.05) is 0 Å². The second kappa shape index (κ2) is 5.18. The zero-order valence-corrected chi connectivity index (χ0v) is 13.5. The average Bonchev–Trinajstić information content (AvgIpc) is 2.75. The standard InChI is InChI=1S/C14H21N3O2S/c1-14(2,3)17-12(18)11-10(6-9-20-11)16(13(17)19)8-7-15(4)5/h6,9H,7-8H2,1-5H3. The molecule has 0 spiro atoms. The fourth-order valence-electron chi connectivity index (χ4n) is 2.19. The molecule has 0 bridgehead atoms. The second-order valence-electron chi connectivity index (χ2n) is 6.18. The van der Waals surface area contributed by atoms with Gasteiger partial charge < -0.3 is 4.90 Å². The van der Waals surface area contributed by atoms with Crippen LogP contribution in [0.25, 0.3) is 10.2 Å². The molecule has 2 rings (SSSR count). The van der Waals surface area contributed by atoms with Crippen LogP contribution < -0.4 is 11.2 Å². The van der Waals surface area contributed by atoms with Gasteiger partial charge in [0.25, 0.3) is 5.56 Å². The first-order chi connectivity index (χ1) is 9.23. The van der Waals surface area contributed by atoms with Crippen LogP contribution in [0.1, 0.15) is 20.8 Å². The largest absolute Gasteiger partial charge is 0.332 e. The van der Waals surface area contributed by atoms with Crippen LogP contribution in [0.2, 0.25) is 0 Å². The van der Waals surface area contributed by atoms with Gasteiger partial charge in [0.15, 0.2) is 0 Å². The maximum Gasteiger partial charge on any atom is 0.332 e. The smallest absolute Gasteiger partial charge is 0.308 e. The Morgan fingerprint density at radius 3 is 2.45 bits per heavy atom. The molecule has 0 aliphatic carbocycles. The summed E-state index contributed by atoms with van der Waals surface area (Å²) < 4.78 is 3.72. The summed E-state index contributed by atoms with van der Waals surface area (Å²) in [4.78, 5) is 27.2. The molecule has 0 amide bonds. The average molecular weight is 295 g/mol. The Hall–Kier alpha value is -1.40. The number of likely N-dealkylation sites (N-methyl/N-ethyl adjacent to an activating group) is 1. The zero-order chi connectivity index (χ0) is 15.1. The Balaban J connectivity index is 2.76. The van der Waals surface area contributed by atoms with Gasteiger partial charge in [-0.2, -0.15) is 0 Å². The predicted molar refractivity (Wildman–Crippen MR) is 83.9 cm³/mol. The van der Waals surface area contributed by atoms with E-state index in [2.05, 4.69) is 0 Å². The summed E-state index contributed by atoms with van der Waals surface area (Å²) in [6.45, 7) is 6.98. The minimum absolute atomic E-state index is 0.186. The summed E-state index contributed by atoms with van der Waals surface area (Å²) in [5, 5.41) is 1.87. The van der Waals surface area contributed by atoms with Gasteiger partial charge in [0.2, 0.25) is 0 Å². The molecule has 0 unspecified atom stereocenters. The van der Waals surface area contributed by atoms with Crippen molar-refractivity contribution in [1.29, 1.82) is 0 Å². The summed E-state index contributed by atoms with van der Waals surface area (Å²) in [5.74, 6) is 0. The van der Waals surface area contributed by atoms with Gasteiger partial charge >= 0.3 is 5.69 Å². The van der Waals surface area contributed by atoms with Crippen molar-refractivity contribution < 1.29 is 0 Å². The summed E-state index contributed by atoms with van der Waals surface area (Å²) in [6, 6.07) is 1.85. The third kappa shape index (κ3) is 2.58. The van der Waals surface area contributed by atoms with Crippen molar-refractivity contribution in [1.82, 2.24) is 14.0 Å². The van der Waals surface area contributed by atoms with Crippen molar-refractivity contribution in [3.8, 4) is 0 Å². The fourth-order valence-corrected chi connectivity index (χ4v) is 3.02. The fraction of sp³-hybridized carbons (Fsp3) is 0.571. The van der Waals surface area contributed by atoms with Crippen molar-refractivity contribution in [2.24, 2.45) is 0 Å². The number of hydrogen-bond donors (Lipinski definition) is 0. The van der Waals surface area contributed by atoms with E-state index < -0.39 is 5.54 Å². The SMILES string of the molecule is CN(C)CCn1c(=O)n(C(C)(C)C)c(=O)c2sccc21. The minimum Gasteiger partial charge on any atom is -0.308 e. The first kappa shape index (κ1) is 15.0. The van der Waals surface area contributed by atoms with Crippen molar-refractivity contribution in [3.63, 3.8) is 0 Å². The van der Waals surface area contributed by atoms with Gasteiger partial charge in [-0.05, 0) is 46.3 Å². The lowest BCUT2D eigenvalue weighted by molar-refractivity contribution is 0.343. The third-order valence-corrected chi connectivity index (χ3v) is 4.09. The van der Waals surface area contributed by atoms with Gasteiger partial charge in [0.05, 0.1) is 5.52 Å². The molecule has 0 aliphatic rings. The molecule has 0 saturated heterocycles. The Morgan fingerprint density at radius 1 is 1.25 bits per heavy atom. The first-order valence-corrected chi connectivity index (χ1v) is 7.49. The van der Waals surface area contributed by atoms with E-state index in [0.29, 0.717) is 11.2 Å². The lowest BCUT2D eigenvalue weighted by atomic mass is 10.1. The Labute approximate surface area is 122 Å². The summed E-state index contributed by atoms with van der Waals surface area (Å²) in [5.41, 5.74) is -0.192. The molecule has 0 saturated carbocycles. The molecule has 2 aromatic heterocycles. The van der Waals surface area contributed by atoms with Crippen molar-refractivity contribution in [2.45, 2.75) is 32.9 Å². The highest BCUT2D eigenvalue weighted by atomic mass is 32.1. The molecule has 0 radical (unpaired) electrons. The normalized spacial score (nSPS) is 12.5. The predicted octanol–water partition coefficient (Wildman–Crippen LogP) is 1.54. The first-order valence-electron chi connectivity index (χ1n) is 6.61. The maximum absolute atomic E-state index is 12.7. The van der Waals surface area contributed by atoms with E-state index in [0.717, 1.165) is 12.1 Å². The van der Waals surface area contributed by atoms with E-state index in [9.17, 15) is 9.59 Å². The van der Waals surface area contributed by atoms with E-state index >= 15 is 0 Å². The van der Waals surface area contributed by atoms with Crippen LogP contribution in [0, 0.1) is 0 Å². The monoisotopic (exact) mass is 295 g/mol. The Bertz CT molecular complexity index is 731. The van der Waals surface area contributed by atoms with Gasteiger partial charge in [0, 0.05) is 18.6 Å². The van der Waals surface area contributed by atoms with Gasteiger partial charge in [-0.15, -0.1) is 11.3 Å². The number of fused-ring (bicyclic) bond motifs is 1. The van der Waals surface area contributed by atoms with Crippen LogP contribution >= 0.6 is 11.3 Å². The topological polar surface area (TPSA) is 47.2 Å². The van der Waals surface area contributed by atoms with Crippen molar-refractivity contribution in [3.05, 3.63) is 32.3 Å². The number of thiophene rings is 1. The summed E-state index contributed by atoms with van der Waals surface area (Å²) in [7, 11) is 3.94. The van der Waals surface area contributed by atoms with E-state index in [1.807, 2.05) is 51.2 Å². The Kier molecular flexibility index (Phi) is 3.88. The van der Waals surface area contributed by atoms with Crippen LogP contribution in [0.3, 0.4) is 0 Å². The van der Waals surface area contributed by atoms with Crippen molar-refractivity contribution >= 4 is 21.6 Å². The molecule has 0 aromatic carbocycles. The number of hydrogen-bond acceptors (Lipinski definition) is 4. The van der Waals surface area contributed by atoms with Crippen LogP contribution in [0.4, 0.5) is 0 Å². The summed E-state index contributed by atoms with van der Waals surface area (Å²) in [6.07, 6.45) is 0. The number of nitrogens with zero attached hydrogens (tertiary/aromatic N) is 3. The van der Waals surface area contributed by atoms with E-state index in [-0.39, 0.29) is 11.2 Å². The molecular weight excluding hydrogens is 274 g/mol. The molecule has 5 nitrogen and oxygen atoms in total. The number of aromatic nitrogens is 2. The van der Waals surface area contributed by atoms with Gasteiger partial charge in [-0.3, -0.25) is 13.9 Å².